The molecule has 4 rings (SSSR count). The Hall–Kier alpha value is -2.57. The van der Waals surface area contributed by atoms with Crippen molar-refractivity contribution in [2.45, 2.75) is 44.7 Å². The lowest BCUT2D eigenvalue weighted by atomic mass is 10.1. The zero-order valence-electron chi connectivity index (χ0n) is 14.4. The second-order valence-electron chi connectivity index (χ2n) is 6.81. The highest BCUT2D eigenvalue weighted by Crippen LogP contribution is 2.38. The highest BCUT2D eigenvalue weighted by atomic mass is 16.5. The van der Waals surface area contributed by atoms with Gasteiger partial charge >= 0.3 is 6.03 Å². The number of aromatic nitrogens is 2. The van der Waals surface area contributed by atoms with Crippen molar-refractivity contribution in [1.82, 2.24) is 20.8 Å². The lowest BCUT2D eigenvalue weighted by Crippen LogP contribution is -2.41. The number of carbonyl (C=O) groups is 1. The topological polar surface area (TPSA) is 83.3 Å². The van der Waals surface area contributed by atoms with Gasteiger partial charge in [0.15, 0.2) is 5.82 Å². The van der Waals surface area contributed by atoms with E-state index in [2.05, 4.69) is 56.9 Å². The summed E-state index contributed by atoms with van der Waals surface area (Å²) in [6, 6.07) is 8.70. The summed E-state index contributed by atoms with van der Waals surface area (Å²) >= 11 is 0. The maximum atomic E-state index is 11.9. The summed E-state index contributed by atoms with van der Waals surface area (Å²) in [5.74, 6) is 1.68. The van der Waals surface area contributed by atoms with Crippen molar-refractivity contribution in [1.29, 1.82) is 0 Å². The van der Waals surface area contributed by atoms with Crippen LogP contribution in [-0.4, -0.2) is 35.3 Å². The number of nitrogens with one attached hydrogen (secondary N) is 2. The molecule has 25 heavy (non-hydrogen) atoms. The molecule has 0 radical (unpaired) electrons. The van der Waals surface area contributed by atoms with Crippen LogP contribution in [0.3, 0.4) is 0 Å². The van der Waals surface area contributed by atoms with Gasteiger partial charge < -0.3 is 20.1 Å². The first-order valence-electron chi connectivity index (χ1n) is 8.89. The molecule has 2 aromatic rings. The van der Waals surface area contributed by atoms with E-state index in [1.807, 2.05) is 0 Å². The summed E-state index contributed by atoms with van der Waals surface area (Å²) in [4.78, 5) is 18.6. The van der Waals surface area contributed by atoms with Gasteiger partial charge in [-0.2, -0.15) is 4.98 Å². The number of hydrogen-bond acceptors (Lipinski definition) is 5. The molecule has 7 nitrogen and oxygen atoms in total. The Bertz CT molecular complexity index is 755. The third-order valence-electron chi connectivity index (χ3n) is 4.81. The molecule has 1 fully saturated rings. The number of anilines is 1. The van der Waals surface area contributed by atoms with Crippen LogP contribution >= 0.6 is 0 Å². The Balaban J connectivity index is 1.21. The van der Waals surface area contributed by atoms with E-state index in [0.29, 0.717) is 24.4 Å². The predicted octanol–water partition coefficient (Wildman–Crippen LogP) is 2.20. The average molecular weight is 341 g/mol. The van der Waals surface area contributed by atoms with Crippen LogP contribution in [-0.2, 0) is 13.0 Å². The van der Waals surface area contributed by atoms with E-state index in [9.17, 15) is 4.79 Å². The molecule has 1 saturated carbocycles. The third kappa shape index (κ3) is 3.60. The zero-order valence-corrected chi connectivity index (χ0v) is 14.4. The highest BCUT2D eigenvalue weighted by Gasteiger charge is 2.28. The summed E-state index contributed by atoms with van der Waals surface area (Å²) in [5, 5.41) is 9.59. The van der Waals surface area contributed by atoms with Gasteiger partial charge in [0.05, 0.1) is 6.54 Å². The Kier molecular flexibility index (Phi) is 4.29. The summed E-state index contributed by atoms with van der Waals surface area (Å²) in [7, 11) is 0. The van der Waals surface area contributed by atoms with Crippen molar-refractivity contribution in [2.24, 2.45) is 0 Å². The number of para-hydroxylation sites is 1. The second-order valence-corrected chi connectivity index (χ2v) is 6.81. The fourth-order valence-electron chi connectivity index (χ4n) is 3.33. The molecule has 2 amide bonds. The van der Waals surface area contributed by atoms with Crippen LogP contribution in [0, 0.1) is 0 Å². The SMILES string of the molecule is C[C@@H]1Cc2ccccc2N1CCNC(=O)NCc1nc(C2CC2)no1. The Morgan fingerprint density at radius 2 is 2.16 bits per heavy atom. The van der Waals surface area contributed by atoms with E-state index in [1.165, 1.54) is 11.3 Å². The Morgan fingerprint density at radius 1 is 1.32 bits per heavy atom. The monoisotopic (exact) mass is 341 g/mol. The molecule has 1 aromatic carbocycles. The highest BCUT2D eigenvalue weighted by molar-refractivity contribution is 5.73. The summed E-state index contributed by atoms with van der Waals surface area (Å²) in [6.07, 6.45) is 3.32. The van der Waals surface area contributed by atoms with Crippen molar-refractivity contribution < 1.29 is 9.32 Å². The van der Waals surface area contributed by atoms with Gasteiger partial charge in [-0.25, -0.2) is 4.79 Å². The number of rotatable bonds is 6. The minimum absolute atomic E-state index is 0.216. The van der Waals surface area contributed by atoms with Crippen LogP contribution in [0.2, 0.25) is 0 Å². The fourth-order valence-corrected chi connectivity index (χ4v) is 3.33. The Labute approximate surface area is 146 Å². The lowest BCUT2D eigenvalue weighted by Gasteiger charge is -2.25. The van der Waals surface area contributed by atoms with Crippen molar-refractivity contribution in [2.75, 3.05) is 18.0 Å². The second kappa shape index (κ2) is 6.74. The molecule has 1 aromatic heterocycles. The van der Waals surface area contributed by atoms with Crippen molar-refractivity contribution >= 4 is 11.7 Å². The Morgan fingerprint density at radius 3 is 3.00 bits per heavy atom. The van der Waals surface area contributed by atoms with E-state index in [1.54, 1.807) is 0 Å². The number of benzene rings is 1. The first-order valence-corrected chi connectivity index (χ1v) is 8.89. The number of nitrogens with zero attached hydrogens (tertiary/aromatic N) is 3. The van der Waals surface area contributed by atoms with E-state index < -0.39 is 0 Å². The lowest BCUT2D eigenvalue weighted by molar-refractivity contribution is 0.238. The van der Waals surface area contributed by atoms with E-state index >= 15 is 0 Å². The summed E-state index contributed by atoms with van der Waals surface area (Å²) < 4.78 is 5.14. The molecule has 1 atom stereocenters. The van der Waals surface area contributed by atoms with Gasteiger partial charge in [0.2, 0.25) is 5.89 Å². The number of urea groups is 1. The largest absolute Gasteiger partial charge is 0.367 e. The molecule has 0 saturated heterocycles. The zero-order chi connectivity index (χ0) is 17.2. The van der Waals surface area contributed by atoms with E-state index in [4.69, 9.17) is 4.52 Å². The van der Waals surface area contributed by atoms with Crippen LogP contribution in [0.5, 0.6) is 0 Å². The van der Waals surface area contributed by atoms with Crippen LogP contribution in [0.25, 0.3) is 0 Å². The van der Waals surface area contributed by atoms with Gasteiger partial charge in [-0.15, -0.1) is 0 Å². The van der Waals surface area contributed by atoms with Gasteiger partial charge in [-0.3, -0.25) is 0 Å². The van der Waals surface area contributed by atoms with Gasteiger partial charge in [-0.05, 0) is 37.8 Å². The van der Waals surface area contributed by atoms with Crippen molar-refractivity contribution in [3.8, 4) is 0 Å². The maximum Gasteiger partial charge on any atom is 0.315 e. The summed E-state index contributed by atoms with van der Waals surface area (Å²) in [6.45, 7) is 3.85. The normalized spacial score (nSPS) is 18.9. The van der Waals surface area contributed by atoms with Gasteiger partial charge in [0, 0.05) is 30.7 Å². The number of carbonyl (C=O) groups excluding carboxylic acids is 1. The maximum absolute atomic E-state index is 11.9. The smallest absolute Gasteiger partial charge is 0.315 e. The third-order valence-corrected chi connectivity index (χ3v) is 4.81. The number of amides is 2. The first kappa shape index (κ1) is 15.9. The standard InChI is InChI=1S/C18H23N5O2/c1-12-10-14-4-2-3-5-15(14)23(12)9-8-19-18(24)20-11-16-21-17(22-25-16)13-6-7-13/h2-5,12-13H,6-11H2,1H3,(H2,19,20,24)/t12-/m1/s1. The quantitative estimate of drug-likeness (QED) is 0.841. The van der Waals surface area contributed by atoms with Gasteiger partial charge in [0.1, 0.15) is 0 Å². The number of hydrogen-bond donors (Lipinski definition) is 2. The van der Waals surface area contributed by atoms with E-state index in [-0.39, 0.29) is 12.6 Å². The van der Waals surface area contributed by atoms with Crippen LogP contribution in [0.4, 0.5) is 10.5 Å². The molecule has 2 N–H and O–H groups in total. The molecule has 1 aliphatic carbocycles. The summed E-state index contributed by atoms with van der Waals surface area (Å²) in [5.41, 5.74) is 2.65. The molecule has 0 unspecified atom stereocenters. The molecule has 7 heteroatoms. The van der Waals surface area contributed by atoms with Gasteiger partial charge in [-0.1, -0.05) is 23.4 Å². The van der Waals surface area contributed by atoms with Crippen molar-refractivity contribution in [3.05, 3.63) is 41.5 Å². The number of fused-ring (bicyclic) bond motifs is 1. The predicted molar refractivity (Wildman–Crippen MR) is 93.5 cm³/mol. The van der Waals surface area contributed by atoms with E-state index in [0.717, 1.165) is 31.6 Å². The van der Waals surface area contributed by atoms with Crippen LogP contribution < -0.4 is 15.5 Å². The average Bonchev–Trinajstić information content (AvgIpc) is 3.27. The molecule has 2 heterocycles. The molecule has 2 aliphatic rings. The van der Waals surface area contributed by atoms with Crippen LogP contribution in [0.15, 0.2) is 28.8 Å². The molecular weight excluding hydrogens is 318 g/mol. The molecule has 132 valence electrons. The van der Waals surface area contributed by atoms with Crippen molar-refractivity contribution in [3.63, 3.8) is 0 Å². The minimum Gasteiger partial charge on any atom is -0.367 e. The minimum atomic E-state index is -0.216. The molecular formula is C18H23N5O2. The molecule has 1 aliphatic heterocycles. The fraction of sp³-hybridized carbons (Fsp3) is 0.500. The molecule has 0 spiro atoms. The van der Waals surface area contributed by atoms with Gasteiger partial charge in [0.25, 0.3) is 0 Å². The first-order chi connectivity index (χ1) is 12.2. The van der Waals surface area contributed by atoms with Crippen LogP contribution in [0.1, 0.15) is 43.0 Å². The molecule has 0 bridgehead atoms.